The maximum Gasteiger partial charge on any atom is 0.363 e. The number of halogens is 2. The maximum atomic E-state index is 12.1. The number of aliphatic imine (C=N–C) groups is 1. The molecule has 1 aromatic heterocycles. The Kier molecular flexibility index (Phi) is 4.49. The van der Waals surface area contributed by atoms with Gasteiger partial charge in [-0.1, -0.05) is 33.6 Å². The van der Waals surface area contributed by atoms with Crippen LogP contribution in [0.25, 0.3) is 17.4 Å². The molecule has 0 atom stereocenters. The van der Waals surface area contributed by atoms with Crippen LogP contribution in [0.3, 0.4) is 0 Å². The lowest BCUT2D eigenvalue weighted by Crippen LogP contribution is -2.05. The molecular formula is C20H11BrClNO3. The zero-order valence-corrected chi connectivity index (χ0v) is 15.6. The Morgan fingerprint density at radius 1 is 1.00 bits per heavy atom. The number of benzene rings is 2. The van der Waals surface area contributed by atoms with Crippen molar-refractivity contribution in [1.29, 1.82) is 0 Å². The summed E-state index contributed by atoms with van der Waals surface area (Å²) in [5, 5.41) is 0.658. The summed E-state index contributed by atoms with van der Waals surface area (Å²) < 4.78 is 11.9. The zero-order chi connectivity index (χ0) is 18.1. The van der Waals surface area contributed by atoms with E-state index in [4.69, 9.17) is 20.8 Å². The zero-order valence-electron chi connectivity index (χ0n) is 13.3. The summed E-state index contributed by atoms with van der Waals surface area (Å²) >= 11 is 9.29. The summed E-state index contributed by atoms with van der Waals surface area (Å²) in [5.74, 6) is 0.952. The van der Waals surface area contributed by atoms with E-state index in [9.17, 15) is 4.79 Å². The van der Waals surface area contributed by atoms with Crippen LogP contribution in [-0.4, -0.2) is 11.9 Å². The molecule has 0 amide bonds. The fraction of sp³-hybridized carbons (Fsp3) is 0. The quantitative estimate of drug-likeness (QED) is 0.397. The van der Waals surface area contributed by atoms with Gasteiger partial charge in [0, 0.05) is 26.7 Å². The van der Waals surface area contributed by atoms with Crippen LogP contribution in [-0.2, 0) is 9.53 Å². The molecule has 0 radical (unpaired) electrons. The van der Waals surface area contributed by atoms with Crippen molar-refractivity contribution >= 4 is 45.5 Å². The number of carbonyl (C=O) groups is 1. The first-order chi connectivity index (χ1) is 12.6. The van der Waals surface area contributed by atoms with Crippen molar-refractivity contribution in [3.63, 3.8) is 0 Å². The first-order valence-electron chi connectivity index (χ1n) is 7.73. The van der Waals surface area contributed by atoms with Crippen LogP contribution < -0.4 is 0 Å². The second-order valence-electron chi connectivity index (χ2n) is 5.56. The molecule has 0 aliphatic carbocycles. The highest BCUT2D eigenvalue weighted by molar-refractivity contribution is 9.10. The van der Waals surface area contributed by atoms with Gasteiger partial charge in [0.05, 0.1) is 0 Å². The molecule has 26 heavy (non-hydrogen) atoms. The van der Waals surface area contributed by atoms with Crippen LogP contribution >= 0.6 is 27.5 Å². The smallest absolute Gasteiger partial charge is 0.363 e. The Labute approximate surface area is 162 Å². The van der Waals surface area contributed by atoms with Crippen molar-refractivity contribution in [3.05, 3.63) is 87.2 Å². The first-order valence-corrected chi connectivity index (χ1v) is 8.90. The number of cyclic esters (lactones) is 1. The van der Waals surface area contributed by atoms with Crippen LogP contribution in [0.1, 0.15) is 11.3 Å². The molecule has 0 fully saturated rings. The molecule has 6 heteroatoms. The molecule has 4 rings (SSSR count). The fourth-order valence-corrected chi connectivity index (χ4v) is 3.01. The van der Waals surface area contributed by atoms with Crippen LogP contribution in [0.2, 0.25) is 5.02 Å². The number of nitrogens with zero attached hydrogens (tertiary/aromatic N) is 1. The normalized spacial score (nSPS) is 15.2. The Bertz CT molecular complexity index is 1050. The molecular weight excluding hydrogens is 418 g/mol. The fourth-order valence-electron chi connectivity index (χ4n) is 2.49. The number of hydrogen-bond donors (Lipinski definition) is 0. The lowest BCUT2D eigenvalue weighted by molar-refractivity contribution is -0.129. The molecule has 1 aliphatic rings. The van der Waals surface area contributed by atoms with Gasteiger partial charge in [-0.2, -0.15) is 0 Å². The summed E-state index contributed by atoms with van der Waals surface area (Å²) in [7, 11) is 0. The van der Waals surface area contributed by atoms with Gasteiger partial charge in [-0.15, -0.1) is 0 Å². The van der Waals surface area contributed by atoms with Crippen molar-refractivity contribution < 1.29 is 13.9 Å². The van der Waals surface area contributed by atoms with E-state index in [0.29, 0.717) is 16.5 Å². The van der Waals surface area contributed by atoms with Crippen molar-refractivity contribution in [2.24, 2.45) is 4.99 Å². The van der Waals surface area contributed by atoms with E-state index in [2.05, 4.69) is 20.9 Å². The van der Waals surface area contributed by atoms with E-state index < -0.39 is 5.97 Å². The van der Waals surface area contributed by atoms with Gasteiger partial charge >= 0.3 is 5.97 Å². The minimum Gasteiger partial charge on any atom is -0.457 e. The number of rotatable bonds is 3. The van der Waals surface area contributed by atoms with Gasteiger partial charge in [0.15, 0.2) is 5.70 Å². The third-order valence-corrected chi connectivity index (χ3v) is 4.47. The summed E-state index contributed by atoms with van der Waals surface area (Å²) in [6, 6.07) is 18.3. The predicted molar refractivity (Wildman–Crippen MR) is 104 cm³/mol. The topological polar surface area (TPSA) is 51.8 Å². The van der Waals surface area contributed by atoms with E-state index in [0.717, 1.165) is 15.6 Å². The lowest BCUT2D eigenvalue weighted by Gasteiger charge is -1.99. The lowest BCUT2D eigenvalue weighted by atomic mass is 10.2. The molecule has 3 aromatic rings. The van der Waals surface area contributed by atoms with E-state index in [1.807, 2.05) is 42.5 Å². The third-order valence-electron chi connectivity index (χ3n) is 3.73. The molecule has 0 spiro atoms. The van der Waals surface area contributed by atoms with Gasteiger partial charge < -0.3 is 9.15 Å². The number of hydrogen-bond acceptors (Lipinski definition) is 4. The summed E-state index contributed by atoms with van der Waals surface area (Å²) in [6.07, 6.45) is 1.56. The van der Waals surface area contributed by atoms with Crippen LogP contribution in [0.15, 0.2) is 80.2 Å². The first kappa shape index (κ1) is 16.8. The summed E-state index contributed by atoms with van der Waals surface area (Å²) in [5.41, 5.74) is 1.81. The average molecular weight is 429 g/mol. The predicted octanol–water partition coefficient (Wildman–Crippen LogP) is 5.71. The molecule has 2 aromatic carbocycles. The van der Waals surface area contributed by atoms with E-state index in [-0.39, 0.29) is 11.6 Å². The second kappa shape index (κ2) is 6.94. The van der Waals surface area contributed by atoms with Gasteiger partial charge in [0.25, 0.3) is 0 Å². The van der Waals surface area contributed by atoms with Crippen molar-refractivity contribution in [2.75, 3.05) is 0 Å². The molecule has 1 aliphatic heterocycles. The van der Waals surface area contributed by atoms with E-state index in [1.54, 1.807) is 24.3 Å². The highest BCUT2D eigenvalue weighted by atomic mass is 79.9. The van der Waals surface area contributed by atoms with Crippen molar-refractivity contribution in [2.45, 2.75) is 0 Å². The average Bonchev–Trinajstić information content (AvgIpc) is 3.23. The molecule has 0 saturated carbocycles. The number of esters is 1. The number of carbonyl (C=O) groups excluding carboxylic acids is 1. The standard InChI is InChI=1S/C20H11BrClNO3/c21-14-3-1-2-13(10-14)19-23-17(20(24)26-19)11-16-8-9-18(25-16)12-4-6-15(22)7-5-12/h1-11H. The van der Waals surface area contributed by atoms with E-state index in [1.165, 1.54) is 0 Å². The summed E-state index contributed by atoms with van der Waals surface area (Å²) in [4.78, 5) is 16.4. The van der Waals surface area contributed by atoms with E-state index >= 15 is 0 Å². The third kappa shape index (κ3) is 3.49. The minimum atomic E-state index is -0.510. The van der Waals surface area contributed by atoms with Gasteiger partial charge in [-0.25, -0.2) is 9.79 Å². The molecule has 0 unspecified atom stereocenters. The molecule has 0 N–H and O–H groups in total. The van der Waals surface area contributed by atoms with Crippen molar-refractivity contribution in [3.8, 4) is 11.3 Å². The molecule has 0 saturated heterocycles. The maximum absolute atomic E-state index is 12.1. The Hall–Kier alpha value is -2.63. The number of ether oxygens (including phenoxy) is 1. The Morgan fingerprint density at radius 2 is 1.81 bits per heavy atom. The van der Waals surface area contributed by atoms with Crippen LogP contribution in [0.5, 0.6) is 0 Å². The summed E-state index contributed by atoms with van der Waals surface area (Å²) in [6.45, 7) is 0. The molecule has 0 bridgehead atoms. The minimum absolute atomic E-state index is 0.192. The van der Waals surface area contributed by atoms with Gasteiger partial charge in [0.1, 0.15) is 11.5 Å². The Balaban J connectivity index is 1.62. The largest absolute Gasteiger partial charge is 0.457 e. The highest BCUT2D eigenvalue weighted by Crippen LogP contribution is 2.26. The van der Waals surface area contributed by atoms with Gasteiger partial charge in [-0.05, 0) is 54.6 Å². The molecule has 4 nitrogen and oxygen atoms in total. The highest BCUT2D eigenvalue weighted by Gasteiger charge is 2.24. The number of furan rings is 1. The Morgan fingerprint density at radius 3 is 2.58 bits per heavy atom. The van der Waals surface area contributed by atoms with Gasteiger partial charge in [0.2, 0.25) is 5.90 Å². The monoisotopic (exact) mass is 427 g/mol. The van der Waals surface area contributed by atoms with Crippen molar-refractivity contribution in [1.82, 2.24) is 0 Å². The van der Waals surface area contributed by atoms with Crippen LogP contribution in [0.4, 0.5) is 0 Å². The molecule has 2 heterocycles. The van der Waals surface area contributed by atoms with Crippen LogP contribution in [0, 0.1) is 0 Å². The van der Waals surface area contributed by atoms with Gasteiger partial charge in [-0.3, -0.25) is 0 Å². The SMILES string of the molecule is O=C1OC(c2cccc(Br)c2)=NC1=Cc1ccc(-c2ccc(Cl)cc2)o1. The second-order valence-corrected chi connectivity index (χ2v) is 6.91. The molecule has 128 valence electrons.